The Morgan fingerprint density at radius 2 is 0.776 bits per heavy atom. The van der Waals surface area contributed by atoms with Crippen LogP contribution in [0.4, 0.5) is 160 Å². The molecule has 0 radical (unpaired) electrons. The van der Waals surface area contributed by atoms with Crippen molar-refractivity contribution in [2.45, 2.75) is 153 Å². The van der Waals surface area contributed by atoms with Gasteiger partial charge in [0.15, 0.2) is 11.5 Å². The second-order valence-corrected chi connectivity index (χ2v) is 20.8. The number of nitrogens with zero attached hydrogens (tertiary/aromatic N) is 1. The van der Waals surface area contributed by atoms with Gasteiger partial charge in [-0.2, -0.15) is 149 Å². The molecule has 0 aliphatic rings. The minimum absolute atomic E-state index is 0.0424. The third-order valence-electron chi connectivity index (χ3n) is 11.7. The van der Waals surface area contributed by atoms with Crippen LogP contribution in [-0.4, -0.2) is 156 Å². The van der Waals surface area contributed by atoms with Gasteiger partial charge in [-0.05, 0) is 31.2 Å². The van der Waals surface area contributed by atoms with E-state index in [-0.39, 0.29) is 31.1 Å². The Kier molecular flexibility index (Phi) is 23.0. The van der Waals surface area contributed by atoms with Gasteiger partial charge in [0.1, 0.15) is 6.10 Å². The summed E-state index contributed by atoms with van der Waals surface area (Å²) in [7, 11) is 0.158. The molecule has 0 fully saturated rings. The van der Waals surface area contributed by atoms with Crippen LogP contribution in [0.5, 0.6) is 11.5 Å². The van der Waals surface area contributed by atoms with E-state index in [4.69, 9.17) is 22.8 Å². The van der Waals surface area contributed by atoms with Crippen molar-refractivity contribution in [3.8, 4) is 11.5 Å². The van der Waals surface area contributed by atoms with Crippen LogP contribution in [0.25, 0.3) is 0 Å². The molecule has 0 aliphatic carbocycles. The molecule has 500 valence electrons. The first kappa shape index (κ1) is 78.2. The highest BCUT2D eigenvalue weighted by Crippen LogP contribution is 2.66. The van der Waals surface area contributed by atoms with E-state index in [2.05, 4.69) is 10.1 Å². The second kappa shape index (κ2) is 25.0. The zero-order chi connectivity index (χ0) is 67.8. The summed E-state index contributed by atoms with van der Waals surface area (Å²) in [5.74, 6) is -123. The Morgan fingerprint density at radius 1 is 0.482 bits per heavy atom. The van der Waals surface area contributed by atoms with Gasteiger partial charge in [0.25, 0.3) is 5.69 Å². The van der Waals surface area contributed by atoms with Crippen LogP contribution < -0.4 is 14.8 Å². The molecule has 11 nitrogen and oxygen atoms in total. The lowest BCUT2D eigenvalue weighted by Crippen LogP contribution is -2.74. The maximum atomic E-state index is 14.7. The topological polar surface area (TPSA) is 128 Å². The van der Waals surface area contributed by atoms with Gasteiger partial charge < -0.3 is 32.8 Å². The molecule has 85 heavy (non-hydrogen) atoms. The second-order valence-electron chi connectivity index (χ2n) is 17.7. The molecular weight excluding hydrogens is 1310 g/mol. The summed E-state index contributed by atoms with van der Waals surface area (Å²) >= 11 is 0. The summed E-state index contributed by atoms with van der Waals surface area (Å²) in [6.45, 7) is -2.26. The molecule has 1 aromatic rings. The molecule has 1 aromatic carbocycles. The summed E-state index contributed by atoms with van der Waals surface area (Å²) in [6.07, 6.45) is -30.7. The quantitative estimate of drug-likeness (QED) is 0.0241. The first-order chi connectivity index (χ1) is 37.5. The van der Waals surface area contributed by atoms with E-state index in [1.807, 2.05) is 0 Å². The molecule has 0 aromatic heterocycles. The van der Waals surface area contributed by atoms with E-state index < -0.39 is 189 Å². The number of nitro benzene ring substituents is 1. The van der Waals surface area contributed by atoms with Gasteiger partial charge in [0.05, 0.1) is 29.8 Å². The van der Waals surface area contributed by atoms with Crippen molar-refractivity contribution in [1.82, 2.24) is 5.32 Å². The highest BCUT2D eigenvalue weighted by atomic mass is 28.4. The molecule has 1 atom stereocenters. The zero-order valence-corrected chi connectivity index (χ0v) is 43.1. The number of hydrogen-bond donors (Lipinski definition) is 1. The summed E-state index contributed by atoms with van der Waals surface area (Å²) in [5, 5.41) is 14.4. The minimum atomic E-state index is -9.03. The predicted octanol–water partition coefficient (Wildman–Crippen LogP) is 15.6. The molecule has 0 aliphatic heterocycles. The van der Waals surface area contributed by atoms with Crippen molar-refractivity contribution in [3.63, 3.8) is 0 Å². The third kappa shape index (κ3) is 13.6. The van der Waals surface area contributed by atoms with Gasteiger partial charge in [-0.3, -0.25) is 10.1 Å². The van der Waals surface area contributed by atoms with Crippen LogP contribution in [0.3, 0.4) is 0 Å². The molecule has 0 heterocycles. The molecular formula is C39H38F34N2O9Si. The van der Waals surface area contributed by atoms with Crippen LogP contribution in [0.1, 0.15) is 57.6 Å². The summed E-state index contributed by atoms with van der Waals surface area (Å²) in [5.41, 5.74) is -2.55. The number of nitro groups is 1. The average molecular weight is 1350 g/mol. The molecule has 1 unspecified atom stereocenters. The molecule has 1 rings (SSSR count). The van der Waals surface area contributed by atoms with Crippen molar-refractivity contribution in [2.75, 3.05) is 41.1 Å². The van der Waals surface area contributed by atoms with Crippen LogP contribution in [0, 0.1) is 16.0 Å². The van der Waals surface area contributed by atoms with Gasteiger partial charge in [-0.1, -0.05) is 13.8 Å². The molecule has 0 bridgehead atoms. The van der Waals surface area contributed by atoms with Crippen LogP contribution >= 0.6 is 0 Å². The summed E-state index contributed by atoms with van der Waals surface area (Å²) in [4.78, 5) is 23.6. The van der Waals surface area contributed by atoms with Crippen LogP contribution in [0.15, 0.2) is 12.1 Å². The monoisotopic (exact) mass is 1350 g/mol. The van der Waals surface area contributed by atoms with E-state index in [9.17, 15) is 164 Å². The number of hydrogen-bond acceptors (Lipinski definition) is 9. The SMILES string of the molecule is CO[Si](CCCNC(=O)OC(c1cc(OCCCC(F)(F)C(F)(F)C(F)(F)C(F)(F)C(F)(F)C(F)(F)C(F)(F)C(F)(F)F)c(OCCCC(F)(F)C(F)(F)C(F)(F)C(F)(F)C(F)(F)C(F)(F)C(F)(F)C(F)(F)F)cc1[N+](=O)[O-])C(C)C)(OC)OC. The fourth-order valence-electron chi connectivity index (χ4n) is 6.60. The molecule has 0 spiro atoms. The number of alkyl carbamates (subject to hydrolysis) is 1. The standard InChI is InChI=1S/C39H38F34N2O9Si/c1-17(2)22(84-23(76)74-11-8-14-85(79-3,80-4)81-5)18-15-20(82-12-6-9-24(40,41)26(44,45)28(48,49)30(52,53)32(56,57)34(60,61)36(64,65)38(68,69)70)21(16-19(18)75(77)78)83-13-7-10-25(42,43)27(46,47)29(50,51)31(54,55)33(58,59)35(62,63)37(66,67)39(71,72)73/h15-17,22H,6-14H2,1-5H3,(H,74,76). The Balaban J connectivity index is 3.90. The molecule has 46 heteroatoms. The Bertz CT molecular complexity index is 2430. The van der Waals surface area contributed by atoms with Gasteiger partial charge >= 0.3 is 110 Å². The fourth-order valence-corrected chi connectivity index (χ4v) is 8.33. The zero-order valence-electron chi connectivity index (χ0n) is 42.1. The van der Waals surface area contributed by atoms with E-state index in [0.717, 1.165) is 35.2 Å². The fraction of sp³-hybridized carbons (Fsp3) is 0.821. The lowest BCUT2D eigenvalue weighted by molar-refractivity contribution is -0.461. The third-order valence-corrected chi connectivity index (χ3v) is 14.5. The van der Waals surface area contributed by atoms with Crippen molar-refractivity contribution in [2.24, 2.45) is 5.92 Å². The number of carbonyl (C=O) groups is 1. The van der Waals surface area contributed by atoms with Crippen molar-refractivity contribution in [1.29, 1.82) is 0 Å². The molecule has 0 saturated carbocycles. The van der Waals surface area contributed by atoms with E-state index in [1.165, 1.54) is 0 Å². The smallest absolute Gasteiger partial charge is 0.490 e. The highest BCUT2D eigenvalue weighted by Gasteiger charge is 2.97. The number of rotatable bonds is 33. The molecule has 1 amide bonds. The summed E-state index contributed by atoms with van der Waals surface area (Å²) < 4.78 is 499. The largest absolute Gasteiger partial charge is 0.500 e. The minimum Gasteiger partial charge on any atom is -0.490 e. The number of alkyl halides is 34. The summed E-state index contributed by atoms with van der Waals surface area (Å²) in [6, 6.07) is 0.0142. The van der Waals surface area contributed by atoms with Gasteiger partial charge in [-0.15, -0.1) is 0 Å². The predicted molar refractivity (Wildman–Crippen MR) is 212 cm³/mol. The van der Waals surface area contributed by atoms with Crippen LogP contribution in [0.2, 0.25) is 6.04 Å². The van der Waals surface area contributed by atoms with Crippen molar-refractivity contribution >= 4 is 20.6 Å². The maximum absolute atomic E-state index is 14.7. The number of ether oxygens (including phenoxy) is 3. The Morgan fingerprint density at radius 3 is 1.06 bits per heavy atom. The Labute approximate surface area is 452 Å². The molecule has 0 saturated heterocycles. The number of amides is 1. The Hall–Kier alpha value is -4.79. The number of benzene rings is 1. The normalized spacial score (nSPS) is 15.5. The maximum Gasteiger partial charge on any atom is 0.500 e. The van der Waals surface area contributed by atoms with E-state index in [1.54, 1.807) is 0 Å². The van der Waals surface area contributed by atoms with Crippen LogP contribution in [-0.2, 0) is 18.0 Å². The highest BCUT2D eigenvalue weighted by molar-refractivity contribution is 6.60. The number of nitrogens with one attached hydrogen (secondary N) is 1. The number of carbonyl (C=O) groups excluding carboxylic acids is 1. The van der Waals surface area contributed by atoms with E-state index >= 15 is 0 Å². The first-order valence-electron chi connectivity index (χ1n) is 22.1. The first-order valence-corrected chi connectivity index (χ1v) is 24.0. The van der Waals surface area contributed by atoms with Crippen molar-refractivity contribution in [3.05, 3.63) is 27.8 Å². The van der Waals surface area contributed by atoms with Gasteiger partial charge in [-0.25, -0.2) is 4.79 Å². The average Bonchev–Trinajstić information content (AvgIpc) is 0.793. The van der Waals surface area contributed by atoms with Gasteiger partial charge in [0, 0.05) is 46.8 Å². The molecule has 1 N–H and O–H groups in total. The van der Waals surface area contributed by atoms with Gasteiger partial charge in [0.2, 0.25) is 0 Å². The lowest BCUT2D eigenvalue weighted by atomic mass is 9.88. The number of halogens is 34. The van der Waals surface area contributed by atoms with E-state index in [0.29, 0.717) is 0 Å². The lowest BCUT2D eigenvalue weighted by Gasteiger charge is -2.42. The van der Waals surface area contributed by atoms with Crippen molar-refractivity contribution < 1.29 is 186 Å².